The topological polar surface area (TPSA) is 49.7 Å². The summed E-state index contributed by atoms with van der Waals surface area (Å²) in [4.78, 5) is 1.30. The summed E-state index contributed by atoms with van der Waals surface area (Å²) in [6.07, 6.45) is 1.15. The second-order valence-electron chi connectivity index (χ2n) is 3.24. The van der Waals surface area contributed by atoms with Crippen LogP contribution in [-0.2, 0) is 10.0 Å². The molecular formula is C9H10BrFN2O2S. The summed E-state index contributed by atoms with van der Waals surface area (Å²) in [5.41, 5.74) is 0. The van der Waals surface area contributed by atoms with Crippen molar-refractivity contribution in [2.45, 2.75) is 4.90 Å². The van der Waals surface area contributed by atoms with Crippen LogP contribution in [0.4, 0.5) is 4.39 Å². The molecule has 4 nitrogen and oxygen atoms in total. The van der Waals surface area contributed by atoms with Crippen molar-refractivity contribution >= 4 is 32.3 Å². The van der Waals surface area contributed by atoms with Crippen molar-refractivity contribution in [1.29, 1.82) is 0 Å². The summed E-state index contributed by atoms with van der Waals surface area (Å²) < 4.78 is 39.9. The van der Waals surface area contributed by atoms with Crippen LogP contribution in [0.25, 0.3) is 0 Å². The molecule has 0 radical (unpaired) electrons. The highest BCUT2D eigenvalue weighted by molar-refractivity contribution is 9.10. The molecule has 88 valence electrons. The van der Waals surface area contributed by atoms with Gasteiger partial charge in [-0.1, -0.05) is 0 Å². The van der Waals surface area contributed by atoms with E-state index in [4.69, 9.17) is 0 Å². The van der Waals surface area contributed by atoms with Crippen LogP contribution in [0.5, 0.6) is 0 Å². The predicted molar refractivity (Wildman–Crippen MR) is 63.5 cm³/mol. The number of nitrogens with zero attached hydrogens (tertiary/aromatic N) is 2. The molecular weight excluding hydrogens is 299 g/mol. The van der Waals surface area contributed by atoms with Crippen molar-refractivity contribution in [2.75, 3.05) is 14.1 Å². The quantitative estimate of drug-likeness (QED) is 0.632. The highest BCUT2D eigenvalue weighted by Gasteiger charge is 2.13. The first-order valence-electron chi connectivity index (χ1n) is 4.25. The van der Waals surface area contributed by atoms with Gasteiger partial charge in [-0.25, -0.2) is 4.39 Å². The monoisotopic (exact) mass is 308 g/mol. The Bertz CT molecular complexity index is 514. The molecule has 0 saturated heterocycles. The lowest BCUT2D eigenvalue weighted by Gasteiger charge is -2.03. The van der Waals surface area contributed by atoms with Crippen molar-refractivity contribution in [3.63, 3.8) is 0 Å². The Morgan fingerprint density at radius 1 is 1.44 bits per heavy atom. The normalized spacial score (nSPS) is 12.0. The zero-order chi connectivity index (χ0) is 12.3. The second kappa shape index (κ2) is 4.92. The second-order valence-corrected chi connectivity index (χ2v) is 5.72. The molecule has 0 spiro atoms. The first kappa shape index (κ1) is 13.1. The van der Waals surface area contributed by atoms with Gasteiger partial charge in [-0.2, -0.15) is 8.42 Å². The molecule has 1 aromatic carbocycles. The molecule has 0 amide bonds. The van der Waals surface area contributed by atoms with Gasteiger partial charge in [0.1, 0.15) is 12.2 Å². The van der Waals surface area contributed by atoms with Crippen LogP contribution in [-0.4, -0.2) is 33.8 Å². The van der Waals surface area contributed by atoms with Gasteiger partial charge >= 0.3 is 0 Å². The Balaban J connectivity index is 3.13. The minimum absolute atomic E-state index is 0.175. The largest absolute Gasteiger partial charge is 0.368 e. The third-order valence-electron chi connectivity index (χ3n) is 1.61. The minimum atomic E-state index is -3.83. The van der Waals surface area contributed by atoms with E-state index in [0.717, 1.165) is 12.4 Å². The van der Waals surface area contributed by atoms with Gasteiger partial charge in [-0.05, 0) is 34.1 Å². The molecule has 0 heterocycles. The summed E-state index contributed by atoms with van der Waals surface area (Å²) in [6, 6.07) is 3.54. The fraction of sp³-hybridized carbons (Fsp3) is 0.222. The van der Waals surface area contributed by atoms with Crippen molar-refractivity contribution in [3.05, 3.63) is 28.5 Å². The van der Waals surface area contributed by atoms with Crippen molar-refractivity contribution in [3.8, 4) is 0 Å². The van der Waals surface area contributed by atoms with Gasteiger partial charge < -0.3 is 4.90 Å². The number of benzene rings is 1. The van der Waals surface area contributed by atoms with Gasteiger partial charge in [0.2, 0.25) is 0 Å². The zero-order valence-corrected chi connectivity index (χ0v) is 11.1. The Morgan fingerprint density at radius 3 is 2.56 bits per heavy atom. The first-order valence-corrected chi connectivity index (χ1v) is 6.48. The van der Waals surface area contributed by atoms with E-state index in [1.807, 2.05) is 0 Å². The van der Waals surface area contributed by atoms with E-state index in [9.17, 15) is 12.8 Å². The molecule has 0 bridgehead atoms. The van der Waals surface area contributed by atoms with Gasteiger partial charge in [0.15, 0.2) is 0 Å². The predicted octanol–water partition coefficient (Wildman–Crippen LogP) is 1.87. The minimum Gasteiger partial charge on any atom is -0.368 e. The van der Waals surface area contributed by atoms with Crippen molar-refractivity contribution in [2.24, 2.45) is 4.40 Å². The Kier molecular flexibility index (Phi) is 4.03. The number of sulfonamides is 1. The number of hydrogen-bond donors (Lipinski definition) is 0. The molecule has 0 aliphatic carbocycles. The molecule has 0 N–H and O–H groups in total. The average Bonchev–Trinajstić information content (AvgIpc) is 2.19. The van der Waals surface area contributed by atoms with Gasteiger partial charge in [0.25, 0.3) is 10.0 Å². The summed E-state index contributed by atoms with van der Waals surface area (Å²) >= 11 is 2.94. The lowest BCUT2D eigenvalue weighted by molar-refractivity contribution is 0.588. The molecule has 0 unspecified atom stereocenters. The van der Waals surface area contributed by atoms with Crippen LogP contribution in [0.1, 0.15) is 0 Å². The molecule has 1 rings (SSSR count). The molecule has 0 atom stereocenters. The maximum Gasteiger partial charge on any atom is 0.283 e. The van der Waals surface area contributed by atoms with E-state index < -0.39 is 15.8 Å². The lowest BCUT2D eigenvalue weighted by Crippen LogP contribution is -2.10. The van der Waals surface area contributed by atoms with Crippen LogP contribution in [0, 0.1) is 5.82 Å². The average molecular weight is 309 g/mol. The molecule has 16 heavy (non-hydrogen) atoms. The molecule has 0 aliphatic heterocycles. The molecule has 0 aliphatic rings. The fourth-order valence-electron chi connectivity index (χ4n) is 0.855. The van der Waals surface area contributed by atoms with E-state index in [-0.39, 0.29) is 9.37 Å². The highest BCUT2D eigenvalue weighted by Crippen LogP contribution is 2.20. The molecule has 7 heteroatoms. The molecule has 0 fully saturated rings. The number of halogens is 2. The zero-order valence-electron chi connectivity index (χ0n) is 8.68. The van der Waals surface area contributed by atoms with Gasteiger partial charge in [0.05, 0.1) is 9.37 Å². The van der Waals surface area contributed by atoms with Gasteiger partial charge in [-0.15, -0.1) is 4.40 Å². The Morgan fingerprint density at radius 2 is 2.06 bits per heavy atom. The summed E-state index contributed by atoms with van der Waals surface area (Å²) in [5, 5.41) is 0. The first-order chi connectivity index (χ1) is 7.33. The maximum absolute atomic E-state index is 13.1. The van der Waals surface area contributed by atoms with Crippen molar-refractivity contribution < 1.29 is 12.8 Å². The van der Waals surface area contributed by atoms with Gasteiger partial charge in [-0.3, -0.25) is 0 Å². The van der Waals surface area contributed by atoms with Crippen molar-refractivity contribution in [1.82, 2.24) is 4.90 Å². The number of hydrogen-bond acceptors (Lipinski definition) is 2. The summed E-state index contributed by atoms with van der Waals surface area (Å²) in [5.74, 6) is -0.638. The van der Waals surface area contributed by atoms with Crippen LogP contribution < -0.4 is 0 Å². The van der Waals surface area contributed by atoms with E-state index in [2.05, 4.69) is 20.3 Å². The van der Waals surface area contributed by atoms with Gasteiger partial charge in [0, 0.05) is 14.1 Å². The Labute approximate surface area is 102 Å². The summed E-state index contributed by atoms with van der Waals surface area (Å²) in [7, 11) is -0.548. The lowest BCUT2D eigenvalue weighted by atomic mass is 10.3. The highest BCUT2D eigenvalue weighted by atomic mass is 79.9. The molecule has 1 aromatic rings. The van der Waals surface area contributed by atoms with E-state index in [0.29, 0.717) is 0 Å². The van der Waals surface area contributed by atoms with E-state index >= 15 is 0 Å². The van der Waals surface area contributed by atoms with E-state index in [1.54, 1.807) is 14.1 Å². The number of rotatable bonds is 3. The van der Waals surface area contributed by atoms with Crippen LogP contribution >= 0.6 is 15.9 Å². The third-order valence-corrected chi connectivity index (χ3v) is 3.47. The Hall–Kier alpha value is -0.950. The maximum atomic E-state index is 13.1. The smallest absolute Gasteiger partial charge is 0.283 e. The van der Waals surface area contributed by atoms with Crippen LogP contribution in [0.15, 0.2) is 32.0 Å². The fourth-order valence-corrected chi connectivity index (χ4v) is 2.03. The molecule has 0 aromatic heterocycles. The van der Waals surface area contributed by atoms with Crippen LogP contribution in [0.2, 0.25) is 0 Å². The summed E-state index contributed by atoms with van der Waals surface area (Å²) in [6.45, 7) is 0. The molecule has 0 saturated carbocycles. The third kappa shape index (κ3) is 3.28. The van der Waals surface area contributed by atoms with E-state index in [1.165, 1.54) is 17.0 Å². The standard InChI is InChI=1S/C9H10BrFN2O2S/c1-13(2)6-12-16(14,15)7-3-4-8(10)9(11)5-7/h3-6H,1-2H3/b12-6+. The SMILES string of the molecule is CN(C)/C=N/S(=O)(=O)c1ccc(Br)c(F)c1. The van der Waals surface area contributed by atoms with Crippen LogP contribution in [0.3, 0.4) is 0 Å².